The first-order valence-corrected chi connectivity index (χ1v) is 4.33. The number of rotatable bonds is 5. The molecular formula is C8H16N4O. The highest BCUT2D eigenvalue weighted by Gasteiger charge is 2.00. The van der Waals surface area contributed by atoms with Crippen LogP contribution >= 0.6 is 0 Å². The number of aryl methyl sites for hydroxylation is 1. The number of likely N-dealkylation sites (N-methyl/N-ethyl adjacent to an activating group) is 1. The summed E-state index contributed by atoms with van der Waals surface area (Å²) in [5.41, 5.74) is 0. The van der Waals surface area contributed by atoms with Gasteiger partial charge in [-0.1, -0.05) is 0 Å². The largest absolute Gasteiger partial charge is 0.424 e. The third kappa shape index (κ3) is 4.00. The third-order valence-electron chi connectivity index (χ3n) is 1.58. The summed E-state index contributed by atoms with van der Waals surface area (Å²) >= 11 is 0. The quantitative estimate of drug-likeness (QED) is 0.654. The van der Waals surface area contributed by atoms with Crippen LogP contribution < -0.4 is 5.32 Å². The van der Waals surface area contributed by atoms with Crippen molar-refractivity contribution >= 4 is 0 Å². The van der Waals surface area contributed by atoms with E-state index in [1.54, 1.807) is 6.92 Å². The molecule has 0 saturated carbocycles. The van der Waals surface area contributed by atoms with Crippen molar-refractivity contribution in [1.29, 1.82) is 0 Å². The Kier molecular flexibility index (Phi) is 3.85. The average Bonchev–Trinajstić information content (AvgIpc) is 2.45. The van der Waals surface area contributed by atoms with E-state index in [9.17, 15) is 0 Å². The van der Waals surface area contributed by atoms with Crippen LogP contribution in [0, 0.1) is 6.92 Å². The molecule has 0 atom stereocenters. The fraction of sp³-hybridized carbons (Fsp3) is 0.750. The Labute approximate surface area is 78.1 Å². The summed E-state index contributed by atoms with van der Waals surface area (Å²) in [7, 11) is 4.08. The average molecular weight is 184 g/mol. The molecule has 13 heavy (non-hydrogen) atoms. The molecule has 0 bridgehead atoms. The second-order valence-corrected chi connectivity index (χ2v) is 3.19. The lowest BCUT2D eigenvalue weighted by Crippen LogP contribution is -2.26. The van der Waals surface area contributed by atoms with Crippen LogP contribution in [-0.4, -0.2) is 42.3 Å². The summed E-state index contributed by atoms with van der Waals surface area (Å²) in [5.74, 6) is 1.26. The van der Waals surface area contributed by atoms with Crippen molar-refractivity contribution in [3.63, 3.8) is 0 Å². The highest BCUT2D eigenvalue weighted by atomic mass is 16.4. The van der Waals surface area contributed by atoms with Gasteiger partial charge in [0.05, 0.1) is 6.54 Å². The molecule has 0 aliphatic heterocycles. The van der Waals surface area contributed by atoms with Crippen LogP contribution in [0.4, 0.5) is 0 Å². The number of hydrogen-bond acceptors (Lipinski definition) is 5. The molecule has 0 saturated heterocycles. The van der Waals surface area contributed by atoms with Gasteiger partial charge in [-0.05, 0) is 14.1 Å². The first-order valence-electron chi connectivity index (χ1n) is 4.33. The smallest absolute Gasteiger partial charge is 0.230 e. The molecule has 1 aromatic heterocycles. The van der Waals surface area contributed by atoms with Gasteiger partial charge < -0.3 is 14.6 Å². The lowest BCUT2D eigenvalue weighted by molar-refractivity contribution is 0.387. The van der Waals surface area contributed by atoms with E-state index in [4.69, 9.17) is 4.42 Å². The second-order valence-electron chi connectivity index (χ2n) is 3.19. The standard InChI is InChI=1S/C8H16N4O/c1-7-10-11-8(13-7)6-9-4-5-12(2)3/h9H,4-6H2,1-3H3. The van der Waals surface area contributed by atoms with Gasteiger partial charge in [0.25, 0.3) is 0 Å². The van der Waals surface area contributed by atoms with Crippen LogP contribution in [0.1, 0.15) is 11.8 Å². The number of nitrogens with one attached hydrogen (secondary N) is 1. The Morgan fingerprint density at radius 1 is 1.38 bits per heavy atom. The lowest BCUT2D eigenvalue weighted by atomic mass is 10.5. The van der Waals surface area contributed by atoms with E-state index < -0.39 is 0 Å². The molecule has 0 spiro atoms. The van der Waals surface area contributed by atoms with Gasteiger partial charge in [-0.15, -0.1) is 10.2 Å². The summed E-state index contributed by atoms with van der Waals surface area (Å²) in [6.45, 7) is 4.37. The van der Waals surface area contributed by atoms with Crippen molar-refractivity contribution in [2.75, 3.05) is 27.2 Å². The van der Waals surface area contributed by atoms with Gasteiger partial charge in [0.2, 0.25) is 11.8 Å². The zero-order chi connectivity index (χ0) is 9.68. The van der Waals surface area contributed by atoms with Crippen LogP contribution in [0.25, 0.3) is 0 Å². The number of hydrogen-bond donors (Lipinski definition) is 1. The maximum Gasteiger partial charge on any atom is 0.230 e. The predicted octanol–water partition coefficient (Wildman–Crippen LogP) is 0.0292. The fourth-order valence-electron chi connectivity index (χ4n) is 0.907. The summed E-state index contributed by atoms with van der Waals surface area (Å²) in [4.78, 5) is 2.12. The van der Waals surface area contributed by atoms with E-state index in [2.05, 4.69) is 20.4 Å². The number of aromatic nitrogens is 2. The summed E-state index contributed by atoms with van der Waals surface area (Å²) < 4.78 is 5.19. The van der Waals surface area contributed by atoms with Crippen molar-refractivity contribution in [1.82, 2.24) is 20.4 Å². The van der Waals surface area contributed by atoms with Crippen molar-refractivity contribution < 1.29 is 4.42 Å². The first kappa shape index (κ1) is 10.1. The van der Waals surface area contributed by atoms with Crippen LogP contribution in [0.5, 0.6) is 0 Å². The summed E-state index contributed by atoms with van der Waals surface area (Å²) in [6, 6.07) is 0. The molecule has 0 unspecified atom stereocenters. The van der Waals surface area contributed by atoms with Gasteiger partial charge in [0.15, 0.2) is 0 Å². The van der Waals surface area contributed by atoms with Crippen molar-refractivity contribution in [3.8, 4) is 0 Å². The van der Waals surface area contributed by atoms with Crippen LogP contribution in [-0.2, 0) is 6.54 Å². The molecule has 1 rings (SSSR count). The SMILES string of the molecule is Cc1nnc(CNCCN(C)C)o1. The maximum atomic E-state index is 5.19. The third-order valence-corrected chi connectivity index (χ3v) is 1.58. The molecule has 0 fully saturated rings. The Bertz CT molecular complexity index is 246. The van der Waals surface area contributed by atoms with Crippen LogP contribution in [0.3, 0.4) is 0 Å². The van der Waals surface area contributed by atoms with E-state index >= 15 is 0 Å². The van der Waals surface area contributed by atoms with Gasteiger partial charge in [-0.25, -0.2) is 0 Å². The normalized spacial score (nSPS) is 11.1. The molecule has 1 heterocycles. The van der Waals surface area contributed by atoms with Gasteiger partial charge in [0, 0.05) is 20.0 Å². The molecule has 1 N–H and O–H groups in total. The molecule has 1 aromatic rings. The van der Waals surface area contributed by atoms with Gasteiger partial charge >= 0.3 is 0 Å². The molecular weight excluding hydrogens is 168 g/mol. The van der Waals surface area contributed by atoms with E-state index in [-0.39, 0.29) is 0 Å². The maximum absolute atomic E-state index is 5.19. The second kappa shape index (κ2) is 4.94. The van der Waals surface area contributed by atoms with Crippen molar-refractivity contribution in [2.45, 2.75) is 13.5 Å². The molecule has 0 radical (unpaired) electrons. The zero-order valence-electron chi connectivity index (χ0n) is 8.37. The van der Waals surface area contributed by atoms with Crippen LogP contribution in [0.2, 0.25) is 0 Å². The number of nitrogens with zero attached hydrogens (tertiary/aromatic N) is 3. The van der Waals surface area contributed by atoms with Gasteiger partial charge in [0.1, 0.15) is 0 Å². The van der Waals surface area contributed by atoms with E-state index in [0.717, 1.165) is 13.1 Å². The predicted molar refractivity (Wildman–Crippen MR) is 49.3 cm³/mol. The fourth-order valence-corrected chi connectivity index (χ4v) is 0.907. The molecule has 0 aliphatic carbocycles. The lowest BCUT2D eigenvalue weighted by Gasteiger charge is -2.08. The van der Waals surface area contributed by atoms with Crippen LogP contribution in [0.15, 0.2) is 4.42 Å². The molecule has 74 valence electrons. The van der Waals surface area contributed by atoms with Crippen molar-refractivity contribution in [2.24, 2.45) is 0 Å². The molecule has 0 aliphatic rings. The zero-order valence-corrected chi connectivity index (χ0v) is 8.37. The first-order chi connectivity index (χ1) is 6.18. The minimum absolute atomic E-state index is 0.615. The molecule has 0 aromatic carbocycles. The summed E-state index contributed by atoms with van der Waals surface area (Å²) in [6.07, 6.45) is 0. The van der Waals surface area contributed by atoms with Gasteiger partial charge in [-0.3, -0.25) is 0 Å². The summed E-state index contributed by atoms with van der Waals surface area (Å²) in [5, 5.41) is 10.8. The van der Waals surface area contributed by atoms with E-state index in [0.29, 0.717) is 18.3 Å². The topological polar surface area (TPSA) is 54.2 Å². The van der Waals surface area contributed by atoms with E-state index in [1.165, 1.54) is 0 Å². The molecule has 5 nitrogen and oxygen atoms in total. The molecule has 5 heteroatoms. The van der Waals surface area contributed by atoms with E-state index in [1.807, 2.05) is 14.1 Å². The minimum atomic E-state index is 0.615. The Morgan fingerprint density at radius 2 is 2.15 bits per heavy atom. The van der Waals surface area contributed by atoms with Gasteiger partial charge in [-0.2, -0.15) is 0 Å². The Morgan fingerprint density at radius 3 is 2.69 bits per heavy atom. The highest BCUT2D eigenvalue weighted by Crippen LogP contribution is 1.95. The molecule has 0 amide bonds. The Hall–Kier alpha value is -0.940. The highest BCUT2D eigenvalue weighted by molar-refractivity contribution is 4.77. The van der Waals surface area contributed by atoms with Crippen molar-refractivity contribution in [3.05, 3.63) is 11.8 Å². The monoisotopic (exact) mass is 184 g/mol. The Balaban J connectivity index is 2.13. The minimum Gasteiger partial charge on any atom is -0.424 e.